The molecule has 0 radical (unpaired) electrons. The molecular weight excluding hydrogens is 292 g/mol. The lowest BCUT2D eigenvalue weighted by Gasteiger charge is -2.24. The summed E-state index contributed by atoms with van der Waals surface area (Å²) in [6.07, 6.45) is 7.31. The Balaban J connectivity index is 2.18. The van der Waals surface area contributed by atoms with Gasteiger partial charge in [-0.25, -0.2) is 0 Å². The van der Waals surface area contributed by atoms with Crippen molar-refractivity contribution in [2.75, 3.05) is 13.2 Å². The van der Waals surface area contributed by atoms with Crippen molar-refractivity contribution in [3.63, 3.8) is 0 Å². The van der Waals surface area contributed by atoms with Gasteiger partial charge < -0.3 is 10.1 Å². The van der Waals surface area contributed by atoms with Crippen LogP contribution < -0.4 is 5.32 Å². The molecule has 0 aliphatic carbocycles. The van der Waals surface area contributed by atoms with E-state index in [2.05, 4.69) is 39.2 Å². The highest BCUT2D eigenvalue weighted by Gasteiger charge is 2.20. The standard InChI is InChI=1S/C14H19BrN2O/c1-2-8-16-14(13-5-3-4-9-18-13)12-7-6-11(15)10-17-12/h5-7,10,14,16H,2-4,8-9H2,1H3. The molecule has 0 saturated carbocycles. The molecule has 1 unspecified atom stereocenters. The first-order valence-corrected chi connectivity index (χ1v) is 7.28. The summed E-state index contributed by atoms with van der Waals surface area (Å²) in [6, 6.07) is 4.14. The fourth-order valence-corrected chi connectivity index (χ4v) is 2.21. The maximum Gasteiger partial charge on any atom is 0.115 e. The third kappa shape index (κ3) is 3.56. The van der Waals surface area contributed by atoms with E-state index < -0.39 is 0 Å². The van der Waals surface area contributed by atoms with Gasteiger partial charge in [0.25, 0.3) is 0 Å². The molecule has 0 amide bonds. The van der Waals surface area contributed by atoms with Gasteiger partial charge in [-0.2, -0.15) is 0 Å². The number of allylic oxidation sites excluding steroid dienone is 1. The number of nitrogens with one attached hydrogen (secondary N) is 1. The predicted octanol–water partition coefficient (Wildman–Crippen LogP) is 3.58. The van der Waals surface area contributed by atoms with Crippen molar-refractivity contribution >= 4 is 15.9 Å². The lowest BCUT2D eigenvalue weighted by molar-refractivity contribution is 0.167. The average molecular weight is 311 g/mol. The number of nitrogens with zero attached hydrogens (tertiary/aromatic N) is 1. The summed E-state index contributed by atoms with van der Waals surface area (Å²) in [4.78, 5) is 4.48. The zero-order chi connectivity index (χ0) is 12.8. The van der Waals surface area contributed by atoms with Crippen LogP contribution in [0.4, 0.5) is 0 Å². The van der Waals surface area contributed by atoms with Crippen LogP contribution in [0, 0.1) is 0 Å². The molecule has 1 aromatic rings. The van der Waals surface area contributed by atoms with Gasteiger partial charge in [0.1, 0.15) is 11.8 Å². The molecule has 98 valence electrons. The zero-order valence-corrected chi connectivity index (χ0v) is 12.2. The first-order valence-electron chi connectivity index (χ1n) is 6.49. The number of pyridine rings is 1. The van der Waals surface area contributed by atoms with Gasteiger partial charge in [-0.3, -0.25) is 4.98 Å². The van der Waals surface area contributed by atoms with E-state index in [4.69, 9.17) is 4.74 Å². The number of hydrogen-bond donors (Lipinski definition) is 1. The fraction of sp³-hybridized carbons (Fsp3) is 0.500. The molecule has 0 saturated heterocycles. The Bertz CT molecular complexity index is 403. The van der Waals surface area contributed by atoms with Crippen LogP contribution in [0.5, 0.6) is 0 Å². The second kappa shape index (κ2) is 6.90. The van der Waals surface area contributed by atoms with Crippen LogP contribution in [-0.4, -0.2) is 18.1 Å². The first kappa shape index (κ1) is 13.6. The Kier molecular flexibility index (Phi) is 5.20. The van der Waals surface area contributed by atoms with Crippen LogP contribution in [0.3, 0.4) is 0 Å². The molecule has 2 rings (SSSR count). The van der Waals surface area contributed by atoms with Crippen LogP contribution in [0.1, 0.15) is 37.9 Å². The Morgan fingerprint density at radius 1 is 1.50 bits per heavy atom. The van der Waals surface area contributed by atoms with E-state index in [0.717, 1.165) is 48.3 Å². The topological polar surface area (TPSA) is 34.1 Å². The summed E-state index contributed by atoms with van der Waals surface area (Å²) < 4.78 is 6.77. The van der Waals surface area contributed by atoms with Crippen molar-refractivity contribution in [2.45, 2.75) is 32.2 Å². The van der Waals surface area contributed by atoms with Crippen LogP contribution >= 0.6 is 15.9 Å². The molecule has 0 aromatic carbocycles. The van der Waals surface area contributed by atoms with E-state index in [1.54, 1.807) is 0 Å². The average Bonchev–Trinajstić information content (AvgIpc) is 2.42. The predicted molar refractivity (Wildman–Crippen MR) is 76.2 cm³/mol. The molecular formula is C14H19BrN2O. The second-order valence-electron chi connectivity index (χ2n) is 4.39. The first-order chi connectivity index (χ1) is 8.81. The molecule has 1 aromatic heterocycles. The monoisotopic (exact) mass is 310 g/mol. The molecule has 0 bridgehead atoms. The second-order valence-corrected chi connectivity index (χ2v) is 5.30. The Morgan fingerprint density at radius 3 is 3.00 bits per heavy atom. The molecule has 3 nitrogen and oxygen atoms in total. The summed E-state index contributed by atoms with van der Waals surface area (Å²) >= 11 is 3.41. The van der Waals surface area contributed by atoms with Gasteiger partial charge in [-0.1, -0.05) is 6.92 Å². The summed E-state index contributed by atoms with van der Waals surface area (Å²) in [5.41, 5.74) is 1.01. The third-order valence-corrected chi connectivity index (χ3v) is 3.36. The van der Waals surface area contributed by atoms with E-state index in [1.807, 2.05) is 18.3 Å². The molecule has 0 fully saturated rings. The minimum absolute atomic E-state index is 0.0818. The van der Waals surface area contributed by atoms with Crippen molar-refractivity contribution < 1.29 is 4.74 Å². The molecule has 0 spiro atoms. The Morgan fingerprint density at radius 2 is 2.39 bits per heavy atom. The maximum atomic E-state index is 5.77. The van der Waals surface area contributed by atoms with Gasteiger partial charge in [0.05, 0.1) is 12.3 Å². The Hall–Kier alpha value is -0.870. The van der Waals surface area contributed by atoms with Crippen molar-refractivity contribution in [1.82, 2.24) is 10.3 Å². The van der Waals surface area contributed by atoms with Crippen molar-refractivity contribution in [2.24, 2.45) is 0 Å². The van der Waals surface area contributed by atoms with E-state index in [9.17, 15) is 0 Å². The minimum atomic E-state index is 0.0818. The third-order valence-electron chi connectivity index (χ3n) is 2.89. The quantitative estimate of drug-likeness (QED) is 0.902. The molecule has 1 atom stereocenters. The molecule has 1 aliphatic rings. The maximum absolute atomic E-state index is 5.77. The summed E-state index contributed by atoms with van der Waals surface area (Å²) in [7, 11) is 0. The van der Waals surface area contributed by atoms with Gasteiger partial charge in [-0.15, -0.1) is 0 Å². The summed E-state index contributed by atoms with van der Waals surface area (Å²) in [5.74, 6) is 1.02. The van der Waals surface area contributed by atoms with Gasteiger partial charge in [0, 0.05) is 10.7 Å². The van der Waals surface area contributed by atoms with Gasteiger partial charge >= 0.3 is 0 Å². The summed E-state index contributed by atoms with van der Waals surface area (Å²) in [6.45, 7) is 3.94. The van der Waals surface area contributed by atoms with Crippen LogP contribution in [0.15, 0.2) is 34.6 Å². The molecule has 18 heavy (non-hydrogen) atoms. The van der Waals surface area contributed by atoms with Gasteiger partial charge in [-0.05, 0) is 59.9 Å². The smallest absolute Gasteiger partial charge is 0.115 e. The van der Waals surface area contributed by atoms with Crippen LogP contribution in [0.25, 0.3) is 0 Å². The SMILES string of the molecule is CCCNC(C1=CCCCO1)c1ccc(Br)cn1. The largest absolute Gasteiger partial charge is 0.496 e. The highest BCUT2D eigenvalue weighted by molar-refractivity contribution is 9.10. The summed E-state index contributed by atoms with van der Waals surface area (Å²) in [5, 5.41) is 3.50. The number of aromatic nitrogens is 1. The van der Waals surface area contributed by atoms with Crippen molar-refractivity contribution in [3.05, 3.63) is 40.3 Å². The van der Waals surface area contributed by atoms with Crippen LogP contribution in [-0.2, 0) is 4.74 Å². The highest BCUT2D eigenvalue weighted by Crippen LogP contribution is 2.25. The molecule has 4 heteroatoms. The normalized spacial score (nSPS) is 16.9. The highest BCUT2D eigenvalue weighted by atomic mass is 79.9. The lowest BCUT2D eigenvalue weighted by Crippen LogP contribution is -2.27. The number of hydrogen-bond acceptors (Lipinski definition) is 3. The molecule has 2 heterocycles. The lowest BCUT2D eigenvalue weighted by atomic mass is 10.1. The number of halogens is 1. The van der Waals surface area contributed by atoms with E-state index >= 15 is 0 Å². The van der Waals surface area contributed by atoms with Crippen LogP contribution in [0.2, 0.25) is 0 Å². The van der Waals surface area contributed by atoms with E-state index in [0.29, 0.717) is 0 Å². The number of ether oxygens (including phenoxy) is 1. The Labute approximate surface area is 117 Å². The van der Waals surface area contributed by atoms with Crippen molar-refractivity contribution in [3.8, 4) is 0 Å². The van der Waals surface area contributed by atoms with E-state index in [-0.39, 0.29) is 6.04 Å². The van der Waals surface area contributed by atoms with E-state index in [1.165, 1.54) is 0 Å². The molecule has 1 aliphatic heterocycles. The number of rotatable bonds is 5. The van der Waals surface area contributed by atoms with Crippen molar-refractivity contribution in [1.29, 1.82) is 0 Å². The minimum Gasteiger partial charge on any atom is -0.496 e. The van der Waals surface area contributed by atoms with Gasteiger partial charge in [0.15, 0.2) is 0 Å². The fourth-order valence-electron chi connectivity index (χ4n) is 1.98. The zero-order valence-electron chi connectivity index (χ0n) is 10.7. The van der Waals surface area contributed by atoms with Gasteiger partial charge in [0.2, 0.25) is 0 Å². The molecule has 1 N–H and O–H groups in total.